The molecule has 0 spiro atoms. The van der Waals surface area contributed by atoms with Crippen LogP contribution in [0.25, 0.3) is 11.1 Å². The van der Waals surface area contributed by atoms with Crippen molar-refractivity contribution in [3.05, 3.63) is 59.7 Å². The summed E-state index contributed by atoms with van der Waals surface area (Å²) < 4.78 is 5.62. The smallest absolute Gasteiger partial charge is 0.407 e. The maximum atomic E-state index is 12.6. The van der Waals surface area contributed by atoms with Gasteiger partial charge in [0.2, 0.25) is 5.91 Å². The van der Waals surface area contributed by atoms with Crippen LogP contribution in [0.15, 0.2) is 48.5 Å². The van der Waals surface area contributed by atoms with Crippen molar-refractivity contribution in [1.29, 1.82) is 0 Å². The van der Waals surface area contributed by atoms with Crippen LogP contribution in [-0.4, -0.2) is 40.8 Å². The number of alkyl carbamates (subject to hydrolysis) is 1. The highest BCUT2D eigenvalue weighted by molar-refractivity contribution is 5.82. The molecular weight excluding hydrogens is 420 g/mol. The van der Waals surface area contributed by atoms with E-state index >= 15 is 0 Å². The van der Waals surface area contributed by atoms with Gasteiger partial charge in [-0.2, -0.15) is 0 Å². The predicted molar refractivity (Wildman–Crippen MR) is 122 cm³/mol. The first kappa shape index (κ1) is 21.5. The lowest BCUT2D eigenvalue weighted by molar-refractivity contribution is -0.140. The van der Waals surface area contributed by atoms with Gasteiger partial charge in [0.05, 0.1) is 17.5 Å². The number of benzene rings is 2. The molecule has 3 aliphatic rings. The summed E-state index contributed by atoms with van der Waals surface area (Å²) in [6.07, 6.45) is 3.23. The monoisotopic (exact) mass is 448 g/mol. The lowest BCUT2D eigenvalue weighted by Gasteiger charge is -2.41. The predicted octanol–water partition coefficient (Wildman–Crippen LogP) is 3.96. The van der Waals surface area contributed by atoms with Gasteiger partial charge in [-0.05, 0) is 54.4 Å². The number of nitrogens with one attached hydrogen (secondary N) is 2. The number of rotatable bonds is 8. The maximum Gasteiger partial charge on any atom is 0.407 e. The van der Waals surface area contributed by atoms with E-state index in [1.165, 1.54) is 11.1 Å². The molecule has 5 rings (SSSR count). The minimum Gasteiger partial charge on any atom is -0.481 e. The molecule has 2 aromatic rings. The third-order valence-electron chi connectivity index (χ3n) is 7.27. The molecule has 2 saturated carbocycles. The number of carbonyl (C=O) groups excluding carboxylic acids is 2. The topological polar surface area (TPSA) is 105 Å². The SMILES string of the molecule is O=C(O)CC1(NC(=O)CC2(NC(=O)OCC3c4ccccc4-c4ccccc43)CC2)CCC1. The molecule has 0 aromatic heterocycles. The van der Waals surface area contributed by atoms with Gasteiger partial charge >= 0.3 is 12.1 Å². The zero-order valence-corrected chi connectivity index (χ0v) is 18.4. The fourth-order valence-corrected chi connectivity index (χ4v) is 5.23. The van der Waals surface area contributed by atoms with Crippen LogP contribution in [0.4, 0.5) is 4.79 Å². The van der Waals surface area contributed by atoms with Crippen LogP contribution in [0.2, 0.25) is 0 Å². The molecule has 33 heavy (non-hydrogen) atoms. The molecule has 0 radical (unpaired) electrons. The Balaban J connectivity index is 1.17. The van der Waals surface area contributed by atoms with Gasteiger partial charge < -0.3 is 20.5 Å². The number of hydrogen-bond donors (Lipinski definition) is 3. The number of aliphatic carboxylic acids is 1. The molecule has 0 aliphatic heterocycles. The fourth-order valence-electron chi connectivity index (χ4n) is 5.23. The van der Waals surface area contributed by atoms with Crippen LogP contribution in [0, 0.1) is 0 Å². The summed E-state index contributed by atoms with van der Waals surface area (Å²) in [4.78, 5) is 36.4. The number of carboxylic acid groups (broad SMARTS) is 1. The van der Waals surface area contributed by atoms with Crippen LogP contribution in [0.5, 0.6) is 0 Å². The van der Waals surface area contributed by atoms with E-state index in [-0.39, 0.29) is 31.3 Å². The van der Waals surface area contributed by atoms with Crippen LogP contribution in [0.1, 0.15) is 62.0 Å². The van der Waals surface area contributed by atoms with Gasteiger partial charge in [0.1, 0.15) is 6.61 Å². The van der Waals surface area contributed by atoms with Crippen molar-refractivity contribution in [3.63, 3.8) is 0 Å². The Morgan fingerprint density at radius 3 is 1.94 bits per heavy atom. The van der Waals surface area contributed by atoms with Crippen molar-refractivity contribution in [3.8, 4) is 11.1 Å². The highest BCUT2D eigenvalue weighted by Gasteiger charge is 2.48. The molecule has 2 fully saturated rings. The number of amides is 2. The van der Waals surface area contributed by atoms with Crippen LogP contribution < -0.4 is 10.6 Å². The Hall–Kier alpha value is -3.35. The van der Waals surface area contributed by atoms with E-state index in [0.29, 0.717) is 25.7 Å². The molecule has 7 heteroatoms. The van der Waals surface area contributed by atoms with Gasteiger partial charge in [0, 0.05) is 12.3 Å². The summed E-state index contributed by atoms with van der Waals surface area (Å²) in [5.41, 5.74) is 3.41. The summed E-state index contributed by atoms with van der Waals surface area (Å²) in [6.45, 7) is 0.226. The molecule has 0 heterocycles. The third kappa shape index (κ3) is 4.32. The maximum absolute atomic E-state index is 12.6. The molecular formula is C26H28N2O5. The first-order valence-corrected chi connectivity index (χ1v) is 11.5. The fraction of sp³-hybridized carbons (Fsp3) is 0.423. The van der Waals surface area contributed by atoms with E-state index in [9.17, 15) is 14.4 Å². The second-order valence-corrected chi connectivity index (χ2v) is 9.66. The summed E-state index contributed by atoms with van der Waals surface area (Å²) in [7, 11) is 0. The van der Waals surface area contributed by atoms with Crippen LogP contribution in [0.3, 0.4) is 0 Å². The Labute approximate surface area is 192 Å². The minimum absolute atomic E-state index is 0.0175. The quantitative estimate of drug-likeness (QED) is 0.567. The molecule has 7 nitrogen and oxygen atoms in total. The number of hydrogen-bond acceptors (Lipinski definition) is 4. The number of fused-ring (bicyclic) bond motifs is 3. The normalized spacial score (nSPS) is 18.9. The van der Waals surface area contributed by atoms with Crippen molar-refractivity contribution in [2.45, 2.75) is 61.9 Å². The zero-order chi connectivity index (χ0) is 23.1. The highest BCUT2D eigenvalue weighted by Crippen LogP contribution is 2.45. The van der Waals surface area contributed by atoms with Crippen molar-refractivity contribution < 1.29 is 24.2 Å². The molecule has 0 bridgehead atoms. The third-order valence-corrected chi connectivity index (χ3v) is 7.27. The number of carbonyl (C=O) groups is 3. The van der Waals surface area contributed by atoms with Crippen molar-refractivity contribution in [1.82, 2.24) is 10.6 Å². The minimum atomic E-state index is -0.909. The summed E-state index contributed by atoms with van der Waals surface area (Å²) >= 11 is 0. The average molecular weight is 449 g/mol. The van der Waals surface area contributed by atoms with E-state index < -0.39 is 23.1 Å². The van der Waals surface area contributed by atoms with E-state index in [1.54, 1.807) is 0 Å². The molecule has 0 unspecified atom stereocenters. The van der Waals surface area contributed by atoms with Gasteiger partial charge in [-0.1, -0.05) is 48.5 Å². The second kappa shape index (κ2) is 8.21. The van der Waals surface area contributed by atoms with Crippen molar-refractivity contribution in [2.75, 3.05) is 6.61 Å². The van der Waals surface area contributed by atoms with Crippen molar-refractivity contribution >= 4 is 18.0 Å². The molecule has 2 amide bonds. The van der Waals surface area contributed by atoms with E-state index in [1.807, 2.05) is 24.3 Å². The van der Waals surface area contributed by atoms with Gasteiger partial charge in [0.25, 0.3) is 0 Å². The average Bonchev–Trinajstić information content (AvgIpc) is 3.42. The number of carboxylic acids is 1. The Morgan fingerprint density at radius 2 is 1.42 bits per heavy atom. The lowest BCUT2D eigenvalue weighted by Crippen LogP contribution is -2.56. The lowest BCUT2D eigenvalue weighted by atomic mass is 9.74. The van der Waals surface area contributed by atoms with Crippen molar-refractivity contribution in [2.24, 2.45) is 0 Å². The summed E-state index contributed by atoms with van der Waals surface area (Å²) in [5.74, 6) is -1.14. The zero-order valence-electron chi connectivity index (χ0n) is 18.4. The van der Waals surface area contributed by atoms with E-state index in [4.69, 9.17) is 9.84 Å². The number of ether oxygens (including phenoxy) is 1. The Bertz CT molecular complexity index is 1060. The van der Waals surface area contributed by atoms with Gasteiger partial charge in [-0.3, -0.25) is 9.59 Å². The Morgan fingerprint density at radius 1 is 0.848 bits per heavy atom. The largest absolute Gasteiger partial charge is 0.481 e. The first-order valence-electron chi connectivity index (χ1n) is 11.5. The highest BCUT2D eigenvalue weighted by atomic mass is 16.5. The van der Waals surface area contributed by atoms with E-state index in [0.717, 1.165) is 17.5 Å². The molecule has 2 aromatic carbocycles. The summed E-state index contributed by atoms with van der Waals surface area (Å²) in [5, 5.41) is 14.9. The molecule has 172 valence electrons. The van der Waals surface area contributed by atoms with Gasteiger partial charge in [-0.25, -0.2) is 4.79 Å². The molecule has 0 atom stereocenters. The van der Waals surface area contributed by atoms with Crippen LogP contribution in [-0.2, 0) is 14.3 Å². The standard InChI is InChI=1S/C26H28N2O5/c29-22(27-25(10-5-11-25)15-23(30)31)14-26(12-13-26)28-24(32)33-16-21-19-8-3-1-6-17(19)18-7-2-4-9-20(18)21/h1-4,6-9,21H,5,10-16H2,(H,27,29)(H,28,32)(H,30,31). The second-order valence-electron chi connectivity index (χ2n) is 9.66. The molecule has 3 N–H and O–H groups in total. The van der Waals surface area contributed by atoms with Crippen LogP contribution >= 0.6 is 0 Å². The Kier molecular flexibility index (Phi) is 5.35. The van der Waals surface area contributed by atoms with Gasteiger partial charge in [0.15, 0.2) is 0 Å². The molecule has 0 saturated heterocycles. The first-order chi connectivity index (χ1) is 15.9. The molecule has 3 aliphatic carbocycles. The van der Waals surface area contributed by atoms with Gasteiger partial charge in [-0.15, -0.1) is 0 Å². The van der Waals surface area contributed by atoms with E-state index in [2.05, 4.69) is 34.9 Å². The summed E-state index contributed by atoms with van der Waals surface area (Å²) in [6, 6.07) is 16.3.